The predicted molar refractivity (Wildman–Crippen MR) is 83.6 cm³/mol. The van der Waals surface area contributed by atoms with Crippen molar-refractivity contribution in [2.45, 2.75) is 50.8 Å². The molecule has 0 saturated heterocycles. The molecule has 0 aliphatic rings. The highest BCUT2D eigenvalue weighted by Crippen LogP contribution is 2.33. The lowest BCUT2D eigenvalue weighted by molar-refractivity contribution is 0.640. The summed E-state index contributed by atoms with van der Waals surface area (Å²) in [6.07, 6.45) is 1.15. The molecule has 0 bridgehead atoms. The number of nitrogens with one attached hydrogen (secondary N) is 1. The van der Waals surface area contributed by atoms with Crippen molar-refractivity contribution in [2.75, 3.05) is 6.54 Å². The maximum absolute atomic E-state index is 6.32. The third kappa shape index (κ3) is 4.83. The Labute approximate surface area is 121 Å². The van der Waals surface area contributed by atoms with Crippen LogP contribution in [0.25, 0.3) is 0 Å². The van der Waals surface area contributed by atoms with Crippen LogP contribution in [-0.4, -0.2) is 11.8 Å². The van der Waals surface area contributed by atoms with Gasteiger partial charge in [0.15, 0.2) is 0 Å². The van der Waals surface area contributed by atoms with E-state index in [1.807, 2.05) is 23.9 Å². The second-order valence-corrected chi connectivity index (χ2v) is 6.79. The fraction of sp³-hybridized carbons (Fsp3) is 0.600. The molecule has 0 saturated carbocycles. The number of halogens is 1. The first-order valence-corrected chi connectivity index (χ1v) is 7.96. The van der Waals surface area contributed by atoms with E-state index >= 15 is 0 Å². The molecule has 3 heteroatoms. The lowest BCUT2D eigenvalue weighted by atomic mass is 10.2. The predicted octanol–water partition coefficient (Wildman–Crippen LogP) is 4.98. The highest BCUT2D eigenvalue weighted by Gasteiger charge is 2.13. The smallest absolute Gasteiger partial charge is 0.0462 e. The maximum Gasteiger partial charge on any atom is 0.0462 e. The van der Waals surface area contributed by atoms with Crippen molar-refractivity contribution >= 4 is 23.4 Å². The quantitative estimate of drug-likeness (QED) is 0.560. The molecule has 0 amide bonds. The van der Waals surface area contributed by atoms with Crippen LogP contribution in [0.4, 0.5) is 0 Å². The van der Waals surface area contributed by atoms with Crippen molar-refractivity contribution in [2.24, 2.45) is 5.92 Å². The molecule has 1 atom stereocenters. The summed E-state index contributed by atoms with van der Waals surface area (Å²) in [5.74, 6) is 0.672. The van der Waals surface area contributed by atoms with E-state index in [9.17, 15) is 0 Å². The Bertz CT molecular complexity index is 366. The van der Waals surface area contributed by atoms with E-state index in [2.05, 4.69) is 39.1 Å². The van der Waals surface area contributed by atoms with E-state index < -0.39 is 0 Å². The van der Waals surface area contributed by atoms with Gasteiger partial charge in [-0.25, -0.2) is 0 Å². The molecule has 1 aromatic carbocycles. The Hall–Kier alpha value is -0.180. The van der Waals surface area contributed by atoms with Crippen LogP contribution in [0, 0.1) is 5.92 Å². The summed E-state index contributed by atoms with van der Waals surface area (Å²) in [6, 6.07) is 6.20. The number of hydrogen-bond donors (Lipinski definition) is 1. The molecule has 0 radical (unpaired) electrons. The normalized spacial score (nSPS) is 13.0. The Morgan fingerprint density at radius 1 is 1.28 bits per heavy atom. The van der Waals surface area contributed by atoms with Crippen LogP contribution in [0.3, 0.4) is 0 Å². The second-order valence-electron chi connectivity index (χ2n) is 4.96. The van der Waals surface area contributed by atoms with Crippen LogP contribution in [0.2, 0.25) is 5.02 Å². The number of hydrogen-bond acceptors (Lipinski definition) is 2. The SMILES string of the molecule is CCCNCc1c(Cl)cccc1SC(C)C(C)C. The minimum Gasteiger partial charge on any atom is -0.313 e. The minimum absolute atomic E-state index is 0.605. The van der Waals surface area contributed by atoms with Gasteiger partial charge in [-0.2, -0.15) is 0 Å². The van der Waals surface area contributed by atoms with Crippen LogP contribution < -0.4 is 5.32 Å². The highest BCUT2D eigenvalue weighted by atomic mass is 35.5. The molecule has 0 aliphatic heterocycles. The average Bonchev–Trinajstić information content (AvgIpc) is 2.32. The zero-order valence-electron chi connectivity index (χ0n) is 11.8. The van der Waals surface area contributed by atoms with Crippen LogP contribution in [0.5, 0.6) is 0 Å². The Morgan fingerprint density at radius 2 is 2.00 bits per heavy atom. The van der Waals surface area contributed by atoms with E-state index in [-0.39, 0.29) is 0 Å². The molecule has 1 rings (SSSR count). The summed E-state index contributed by atoms with van der Waals surface area (Å²) in [6.45, 7) is 10.9. The van der Waals surface area contributed by atoms with Crippen molar-refractivity contribution in [1.29, 1.82) is 0 Å². The fourth-order valence-corrected chi connectivity index (χ4v) is 3.00. The summed E-state index contributed by atoms with van der Waals surface area (Å²) < 4.78 is 0. The Morgan fingerprint density at radius 3 is 2.61 bits per heavy atom. The summed E-state index contributed by atoms with van der Waals surface area (Å²) in [4.78, 5) is 1.31. The molecule has 0 spiro atoms. The van der Waals surface area contributed by atoms with Crippen molar-refractivity contribution in [3.05, 3.63) is 28.8 Å². The van der Waals surface area contributed by atoms with Crippen molar-refractivity contribution in [1.82, 2.24) is 5.32 Å². The molecule has 0 fully saturated rings. The van der Waals surface area contributed by atoms with Gasteiger partial charge in [0.2, 0.25) is 0 Å². The zero-order chi connectivity index (χ0) is 13.5. The summed E-state index contributed by atoms with van der Waals surface area (Å²) in [5, 5.41) is 4.92. The topological polar surface area (TPSA) is 12.0 Å². The van der Waals surface area contributed by atoms with Gasteiger partial charge in [-0.1, -0.05) is 45.4 Å². The molecule has 1 nitrogen and oxygen atoms in total. The van der Waals surface area contributed by atoms with Gasteiger partial charge in [-0.05, 0) is 36.6 Å². The highest BCUT2D eigenvalue weighted by molar-refractivity contribution is 8.00. The van der Waals surface area contributed by atoms with E-state index in [0.29, 0.717) is 11.2 Å². The van der Waals surface area contributed by atoms with Gasteiger partial charge < -0.3 is 5.32 Å². The van der Waals surface area contributed by atoms with Crippen LogP contribution in [0.15, 0.2) is 23.1 Å². The molecule has 1 N–H and O–H groups in total. The first-order valence-electron chi connectivity index (χ1n) is 6.71. The molecule has 1 aromatic rings. The van der Waals surface area contributed by atoms with Crippen LogP contribution in [-0.2, 0) is 6.54 Å². The van der Waals surface area contributed by atoms with Gasteiger partial charge in [0.1, 0.15) is 0 Å². The van der Waals surface area contributed by atoms with Gasteiger partial charge in [0.25, 0.3) is 0 Å². The van der Waals surface area contributed by atoms with Crippen LogP contribution in [0.1, 0.15) is 39.7 Å². The number of thioether (sulfide) groups is 1. The summed E-state index contributed by atoms with van der Waals surface area (Å²) >= 11 is 8.24. The minimum atomic E-state index is 0.605. The zero-order valence-corrected chi connectivity index (χ0v) is 13.4. The van der Waals surface area contributed by atoms with Gasteiger partial charge in [-0.3, -0.25) is 0 Å². The molecular weight excluding hydrogens is 262 g/mol. The van der Waals surface area contributed by atoms with E-state index in [1.165, 1.54) is 10.5 Å². The summed E-state index contributed by atoms with van der Waals surface area (Å²) in [5.41, 5.74) is 1.24. The van der Waals surface area contributed by atoms with Crippen molar-refractivity contribution in [3.8, 4) is 0 Å². The molecule has 18 heavy (non-hydrogen) atoms. The number of rotatable bonds is 7. The van der Waals surface area contributed by atoms with E-state index in [1.54, 1.807) is 0 Å². The maximum atomic E-state index is 6.32. The largest absolute Gasteiger partial charge is 0.313 e. The molecule has 0 aliphatic carbocycles. The third-order valence-electron chi connectivity index (χ3n) is 3.06. The molecule has 0 heterocycles. The van der Waals surface area contributed by atoms with Gasteiger partial charge >= 0.3 is 0 Å². The van der Waals surface area contributed by atoms with Gasteiger partial charge in [-0.15, -0.1) is 11.8 Å². The van der Waals surface area contributed by atoms with E-state index in [0.717, 1.165) is 24.5 Å². The fourth-order valence-electron chi connectivity index (χ4n) is 1.55. The van der Waals surface area contributed by atoms with Gasteiger partial charge in [0, 0.05) is 21.7 Å². The third-order valence-corrected chi connectivity index (χ3v) is 4.96. The Kier molecular flexibility index (Phi) is 7.13. The molecule has 1 unspecified atom stereocenters. The van der Waals surface area contributed by atoms with Crippen molar-refractivity contribution in [3.63, 3.8) is 0 Å². The molecule has 102 valence electrons. The number of benzene rings is 1. The standard InChI is InChI=1S/C15H24ClNS/c1-5-9-17-10-13-14(16)7-6-8-15(13)18-12(4)11(2)3/h6-8,11-12,17H,5,9-10H2,1-4H3. The second kappa shape index (κ2) is 8.08. The lowest BCUT2D eigenvalue weighted by Gasteiger charge is -2.18. The average molecular weight is 286 g/mol. The Balaban J connectivity index is 2.79. The van der Waals surface area contributed by atoms with Crippen LogP contribution >= 0.6 is 23.4 Å². The molecular formula is C15H24ClNS. The summed E-state index contributed by atoms with van der Waals surface area (Å²) in [7, 11) is 0. The molecule has 0 aromatic heterocycles. The monoisotopic (exact) mass is 285 g/mol. The lowest BCUT2D eigenvalue weighted by Crippen LogP contribution is -2.15. The first-order chi connectivity index (χ1) is 8.56. The first kappa shape index (κ1) is 15.9. The van der Waals surface area contributed by atoms with E-state index in [4.69, 9.17) is 11.6 Å². The van der Waals surface area contributed by atoms with Crippen molar-refractivity contribution < 1.29 is 0 Å². The van der Waals surface area contributed by atoms with Gasteiger partial charge in [0.05, 0.1) is 0 Å².